The first-order valence-corrected chi connectivity index (χ1v) is 7.19. The molecule has 0 spiro atoms. The fraction of sp³-hybridized carbons (Fsp3) is 0.615. The molecule has 0 saturated heterocycles. The third-order valence-electron chi connectivity index (χ3n) is 2.23. The molecule has 0 bridgehead atoms. The van der Waals surface area contributed by atoms with E-state index in [0.717, 1.165) is 0 Å². The van der Waals surface area contributed by atoms with Gasteiger partial charge in [-0.25, -0.2) is 0 Å². The molecule has 0 N–H and O–H groups in total. The Morgan fingerprint density at radius 1 is 1.33 bits per heavy atom. The van der Waals surface area contributed by atoms with E-state index >= 15 is 0 Å². The summed E-state index contributed by atoms with van der Waals surface area (Å²) in [7, 11) is 0. The van der Waals surface area contributed by atoms with Crippen molar-refractivity contribution in [3.8, 4) is 0 Å². The summed E-state index contributed by atoms with van der Waals surface area (Å²) in [5, 5.41) is 0. The molecule has 0 aliphatic rings. The fourth-order valence-electron chi connectivity index (χ4n) is 1.33. The van der Waals surface area contributed by atoms with E-state index in [4.69, 9.17) is 21.1 Å². The number of carbonyl (C=O) groups excluding carboxylic acids is 1. The zero-order valence-corrected chi connectivity index (χ0v) is 12.5. The summed E-state index contributed by atoms with van der Waals surface area (Å²) in [6.07, 6.45) is -0.456. The Kier molecular flexibility index (Phi) is 6.86. The summed E-state index contributed by atoms with van der Waals surface area (Å²) in [5.74, 6) is 0.480. The Bertz CT molecular complexity index is 376. The Morgan fingerprint density at radius 3 is 2.61 bits per heavy atom. The number of rotatable bonds is 8. The van der Waals surface area contributed by atoms with E-state index in [9.17, 15) is 4.79 Å². The molecule has 1 unspecified atom stereocenters. The van der Waals surface area contributed by atoms with E-state index in [0.29, 0.717) is 35.0 Å². The van der Waals surface area contributed by atoms with Gasteiger partial charge in [0.15, 0.2) is 0 Å². The van der Waals surface area contributed by atoms with Crippen molar-refractivity contribution in [2.75, 3.05) is 19.8 Å². The van der Waals surface area contributed by atoms with Gasteiger partial charge in [-0.2, -0.15) is 0 Å². The van der Waals surface area contributed by atoms with Crippen LogP contribution in [0.15, 0.2) is 12.1 Å². The van der Waals surface area contributed by atoms with Gasteiger partial charge in [0.05, 0.1) is 22.4 Å². The highest BCUT2D eigenvalue weighted by Crippen LogP contribution is 2.23. The van der Waals surface area contributed by atoms with Gasteiger partial charge in [-0.3, -0.25) is 4.79 Å². The molecule has 1 aromatic heterocycles. The molecule has 0 saturated carbocycles. The molecule has 0 amide bonds. The second-order valence-corrected chi connectivity index (χ2v) is 6.16. The Balaban J connectivity index is 2.24. The average Bonchev–Trinajstić information content (AvgIpc) is 2.73. The maximum atomic E-state index is 11.9. The van der Waals surface area contributed by atoms with E-state index in [2.05, 4.69) is 13.8 Å². The normalized spacial score (nSPS) is 12.9. The fourth-order valence-corrected chi connectivity index (χ4v) is 2.39. The van der Waals surface area contributed by atoms with Crippen LogP contribution < -0.4 is 0 Å². The third kappa shape index (κ3) is 5.48. The molecule has 3 nitrogen and oxygen atoms in total. The van der Waals surface area contributed by atoms with Crippen molar-refractivity contribution >= 4 is 28.7 Å². The molecule has 0 aliphatic heterocycles. The van der Waals surface area contributed by atoms with Gasteiger partial charge in [0.2, 0.25) is 5.78 Å². The van der Waals surface area contributed by atoms with E-state index in [1.165, 1.54) is 11.3 Å². The number of halogens is 1. The Morgan fingerprint density at radius 2 is 2.06 bits per heavy atom. The summed E-state index contributed by atoms with van der Waals surface area (Å²) in [5.41, 5.74) is 0. The number of carbonyl (C=O) groups is 1. The molecule has 5 heteroatoms. The van der Waals surface area contributed by atoms with Crippen LogP contribution in [-0.2, 0) is 9.47 Å². The van der Waals surface area contributed by atoms with Crippen molar-refractivity contribution < 1.29 is 14.3 Å². The number of ketones is 1. The van der Waals surface area contributed by atoms with Crippen LogP contribution in [0.1, 0.15) is 30.4 Å². The highest BCUT2D eigenvalue weighted by molar-refractivity contribution is 7.18. The van der Waals surface area contributed by atoms with Gasteiger partial charge < -0.3 is 9.47 Å². The van der Waals surface area contributed by atoms with Crippen molar-refractivity contribution in [2.24, 2.45) is 5.92 Å². The molecule has 18 heavy (non-hydrogen) atoms. The molecule has 0 aliphatic carbocycles. The quantitative estimate of drug-likeness (QED) is 0.541. The maximum Gasteiger partial charge on any atom is 0.201 e. The van der Waals surface area contributed by atoms with E-state index in [1.54, 1.807) is 19.1 Å². The number of hydrogen-bond acceptors (Lipinski definition) is 4. The van der Waals surface area contributed by atoms with Gasteiger partial charge in [-0.1, -0.05) is 25.4 Å². The van der Waals surface area contributed by atoms with E-state index in [-0.39, 0.29) is 5.78 Å². The van der Waals surface area contributed by atoms with Crippen LogP contribution in [0.25, 0.3) is 0 Å². The first-order valence-electron chi connectivity index (χ1n) is 5.99. The molecular formula is C13H19ClO3S. The minimum Gasteiger partial charge on any atom is -0.379 e. The van der Waals surface area contributed by atoms with E-state index in [1.807, 2.05) is 0 Å². The largest absolute Gasteiger partial charge is 0.379 e. The van der Waals surface area contributed by atoms with Gasteiger partial charge in [-0.05, 0) is 25.0 Å². The SMILES string of the molecule is CC(C)COCCOC(C)C(=O)c1ccc(Cl)s1. The maximum absolute atomic E-state index is 11.9. The first kappa shape index (κ1) is 15.6. The number of ether oxygens (including phenoxy) is 2. The molecule has 1 rings (SSSR count). The minimum absolute atomic E-state index is 0.0317. The van der Waals surface area contributed by atoms with Crippen molar-refractivity contribution in [1.29, 1.82) is 0 Å². The van der Waals surface area contributed by atoms with Gasteiger partial charge in [-0.15, -0.1) is 11.3 Å². The Labute approximate surface area is 117 Å². The number of hydrogen-bond donors (Lipinski definition) is 0. The lowest BCUT2D eigenvalue weighted by Gasteiger charge is -2.12. The van der Waals surface area contributed by atoms with Crippen molar-refractivity contribution in [3.05, 3.63) is 21.3 Å². The molecular weight excluding hydrogens is 272 g/mol. The lowest BCUT2D eigenvalue weighted by molar-refractivity contribution is 0.00988. The van der Waals surface area contributed by atoms with Crippen LogP contribution in [0.4, 0.5) is 0 Å². The lowest BCUT2D eigenvalue weighted by atomic mass is 10.2. The third-order valence-corrected chi connectivity index (χ3v) is 3.48. The van der Waals surface area contributed by atoms with Gasteiger partial charge >= 0.3 is 0 Å². The molecule has 102 valence electrons. The monoisotopic (exact) mass is 290 g/mol. The predicted octanol–water partition coefficient (Wildman–Crippen LogP) is 3.66. The van der Waals surface area contributed by atoms with Gasteiger partial charge in [0, 0.05) is 6.61 Å². The first-order chi connectivity index (χ1) is 8.50. The number of Topliss-reactive ketones (excluding diaryl/α,β-unsaturated/α-hetero) is 1. The summed E-state index contributed by atoms with van der Waals surface area (Å²) in [6.45, 7) is 7.59. The van der Waals surface area contributed by atoms with E-state index < -0.39 is 6.10 Å². The minimum atomic E-state index is -0.456. The van der Waals surface area contributed by atoms with Crippen LogP contribution in [0.2, 0.25) is 4.34 Å². The lowest BCUT2D eigenvalue weighted by Crippen LogP contribution is -2.22. The van der Waals surface area contributed by atoms with Crippen LogP contribution in [0, 0.1) is 5.92 Å². The zero-order chi connectivity index (χ0) is 13.5. The highest BCUT2D eigenvalue weighted by Gasteiger charge is 2.17. The molecule has 1 heterocycles. The molecule has 0 radical (unpaired) electrons. The predicted molar refractivity (Wildman–Crippen MR) is 74.7 cm³/mol. The summed E-state index contributed by atoms with van der Waals surface area (Å²) in [4.78, 5) is 12.6. The van der Waals surface area contributed by atoms with Crippen molar-refractivity contribution in [3.63, 3.8) is 0 Å². The van der Waals surface area contributed by atoms with Gasteiger partial charge in [0.25, 0.3) is 0 Å². The smallest absolute Gasteiger partial charge is 0.201 e. The molecule has 1 atom stereocenters. The van der Waals surface area contributed by atoms with Crippen LogP contribution in [0.5, 0.6) is 0 Å². The Hall–Kier alpha value is -0.420. The topological polar surface area (TPSA) is 35.5 Å². The van der Waals surface area contributed by atoms with Crippen LogP contribution >= 0.6 is 22.9 Å². The van der Waals surface area contributed by atoms with Crippen LogP contribution in [0.3, 0.4) is 0 Å². The van der Waals surface area contributed by atoms with Crippen molar-refractivity contribution in [1.82, 2.24) is 0 Å². The average molecular weight is 291 g/mol. The number of thiophene rings is 1. The summed E-state index contributed by atoms with van der Waals surface area (Å²) < 4.78 is 11.4. The molecule has 1 aromatic rings. The second kappa shape index (κ2) is 7.89. The summed E-state index contributed by atoms with van der Waals surface area (Å²) in [6, 6.07) is 3.45. The standard InChI is InChI=1S/C13H19ClO3S/c1-9(2)8-16-6-7-17-10(3)13(15)11-4-5-12(14)18-11/h4-5,9-10H,6-8H2,1-3H3. The van der Waals surface area contributed by atoms with Crippen molar-refractivity contribution in [2.45, 2.75) is 26.9 Å². The zero-order valence-electron chi connectivity index (χ0n) is 10.9. The molecule has 0 fully saturated rings. The highest BCUT2D eigenvalue weighted by atomic mass is 35.5. The second-order valence-electron chi connectivity index (χ2n) is 4.45. The van der Waals surface area contributed by atoms with Crippen LogP contribution in [-0.4, -0.2) is 31.7 Å². The molecule has 0 aromatic carbocycles. The van der Waals surface area contributed by atoms with Gasteiger partial charge in [0.1, 0.15) is 6.10 Å². The summed E-state index contributed by atoms with van der Waals surface area (Å²) >= 11 is 7.07.